The minimum Gasteiger partial charge on any atom is -0.484 e. The predicted molar refractivity (Wildman–Crippen MR) is 124 cm³/mol. The van der Waals surface area contributed by atoms with Crippen LogP contribution in [0, 0.1) is 11.2 Å². The number of benzene rings is 1. The Balaban J connectivity index is 1.30. The van der Waals surface area contributed by atoms with Gasteiger partial charge in [0.2, 0.25) is 5.91 Å². The molecule has 1 aromatic carbocycles. The smallest absolute Gasteiger partial charge is 0.258 e. The summed E-state index contributed by atoms with van der Waals surface area (Å²) in [5.41, 5.74) is -0.374. The standard InChI is InChI=1S/C25H30ClFN2O5/c1-15(2)16-9-18(33-13-16)12-28-23(32)25-7-5-24(6-8-25,11-21(25)30)29-22(31)14-34-17-3-4-19(26)20(27)10-17/h3-4,9-10,13,15,21,30H,5-8,11-12,14H2,1-2H3,(H,28,32)(H,29,31). The molecule has 0 spiro atoms. The van der Waals surface area contributed by atoms with Crippen molar-refractivity contribution in [2.24, 2.45) is 5.41 Å². The topological polar surface area (TPSA) is 101 Å². The fraction of sp³-hybridized carbons (Fsp3) is 0.520. The van der Waals surface area contributed by atoms with Crippen molar-refractivity contribution in [2.45, 2.75) is 70.1 Å². The van der Waals surface area contributed by atoms with E-state index in [9.17, 15) is 19.1 Å². The predicted octanol–water partition coefficient (Wildman–Crippen LogP) is 4.07. The number of aliphatic hydroxyl groups is 1. The molecule has 3 aliphatic carbocycles. The van der Waals surface area contributed by atoms with E-state index in [4.69, 9.17) is 20.8 Å². The lowest BCUT2D eigenvalue weighted by Crippen LogP contribution is -2.65. The van der Waals surface area contributed by atoms with Gasteiger partial charge in [-0.15, -0.1) is 0 Å². The second kappa shape index (κ2) is 9.58. The maximum absolute atomic E-state index is 13.5. The van der Waals surface area contributed by atoms with Crippen LogP contribution in [-0.2, 0) is 16.1 Å². The van der Waals surface area contributed by atoms with Crippen molar-refractivity contribution in [3.8, 4) is 5.75 Å². The fourth-order valence-electron chi connectivity index (χ4n) is 5.02. The minimum absolute atomic E-state index is 0.0221. The number of ether oxygens (including phenoxy) is 1. The monoisotopic (exact) mass is 492 g/mol. The van der Waals surface area contributed by atoms with E-state index in [1.165, 1.54) is 12.1 Å². The van der Waals surface area contributed by atoms with Crippen LogP contribution in [0.1, 0.15) is 63.2 Å². The van der Waals surface area contributed by atoms with Crippen LogP contribution in [0.15, 0.2) is 34.9 Å². The van der Waals surface area contributed by atoms with Gasteiger partial charge >= 0.3 is 0 Å². The summed E-state index contributed by atoms with van der Waals surface area (Å²) in [5, 5.41) is 16.8. The summed E-state index contributed by atoms with van der Waals surface area (Å²) < 4.78 is 24.5. The van der Waals surface area contributed by atoms with Crippen LogP contribution in [-0.4, -0.2) is 35.2 Å². The van der Waals surface area contributed by atoms with E-state index >= 15 is 0 Å². The van der Waals surface area contributed by atoms with Gasteiger partial charge in [0.25, 0.3) is 5.91 Å². The zero-order valence-electron chi connectivity index (χ0n) is 19.3. The number of carbonyl (C=O) groups is 2. The van der Waals surface area contributed by atoms with Crippen LogP contribution in [0.3, 0.4) is 0 Å². The summed E-state index contributed by atoms with van der Waals surface area (Å²) in [4.78, 5) is 25.6. The van der Waals surface area contributed by atoms with Gasteiger partial charge in [0, 0.05) is 11.6 Å². The molecule has 1 heterocycles. The molecule has 1 unspecified atom stereocenters. The van der Waals surface area contributed by atoms with Gasteiger partial charge in [-0.25, -0.2) is 4.39 Å². The Hall–Kier alpha value is -2.58. The molecule has 2 aromatic rings. The van der Waals surface area contributed by atoms with Crippen molar-refractivity contribution in [3.63, 3.8) is 0 Å². The molecule has 2 amide bonds. The van der Waals surface area contributed by atoms with E-state index in [1.807, 2.05) is 6.07 Å². The number of aliphatic hydroxyl groups excluding tert-OH is 1. The van der Waals surface area contributed by atoms with E-state index in [1.54, 1.807) is 6.26 Å². The lowest BCUT2D eigenvalue weighted by molar-refractivity contribution is -0.156. The molecule has 7 nitrogen and oxygen atoms in total. The molecule has 0 radical (unpaired) electrons. The Morgan fingerprint density at radius 2 is 2.00 bits per heavy atom. The van der Waals surface area contributed by atoms with Crippen molar-refractivity contribution < 1.29 is 28.2 Å². The van der Waals surface area contributed by atoms with E-state index in [-0.39, 0.29) is 35.7 Å². The van der Waals surface area contributed by atoms with Gasteiger partial charge in [0.05, 0.1) is 29.3 Å². The minimum atomic E-state index is -0.871. The molecular formula is C25H30ClFN2O5. The Morgan fingerprint density at radius 3 is 2.62 bits per heavy atom. The van der Waals surface area contributed by atoms with E-state index in [0.29, 0.717) is 43.8 Å². The number of hydrogen-bond donors (Lipinski definition) is 3. The SMILES string of the molecule is CC(C)c1coc(CNC(=O)C23CCC(NC(=O)COc4ccc(Cl)c(F)c4)(CC2)CC3O)c1. The molecule has 3 N–H and O–H groups in total. The molecular weight excluding hydrogens is 463 g/mol. The highest BCUT2D eigenvalue weighted by atomic mass is 35.5. The van der Waals surface area contributed by atoms with Crippen molar-refractivity contribution >= 4 is 23.4 Å². The van der Waals surface area contributed by atoms with E-state index in [2.05, 4.69) is 24.5 Å². The summed E-state index contributed by atoms with van der Waals surface area (Å²) in [5.74, 6) is 0.0519. The van der Waals surface area contributed by atoms with Crippen LogP contribution in [0.5, 0.6) is 5.75 Å². The Bertz CT molecular complexity index is 1060. The maximum Gasteiger partial charge on any atom is 0.258 e. The molecule has 0 saturated heterocycles. The molecule has 184 valence electrons. The number of amides is 2. The largest absolute Gasteiger partial charge is 0.484 e. The van der Waals surface area contributed by atoms with Crippen molar-refractivity contribution in [2.75, 3.05) is 6.61 Å². The first-order valence-corrected chi connectivity index (χ1v) is 11.9. The van der Waals surface area contributed by atoms with Crippen LogP contribution in [0.2, 0.25) is 5.02 Å². The van der Waals surface area contributed by atoms with Gasteiger partial charge in [-0.2, -0.15) is 0 Å². The highest BCUT2D eigenvalue weighted by Gasteiger charge is 2.58. The number of rotatable bonds is 8. The third-order valence-corrected chi connectivity index (χ3v) is 7.51. The first-order valence-electron chi connectivity index (χ1n) is 11.5. The van der Waals surface area contributed by atoms with Crippen molar-refractivity contribution in [3.05, 3.63) is 52.7 Å². The molecule has 34 heavy (non-hydrogen) atoms. The Morgan fingerprint density at radius 1 is 1.26 bits per heavy atom. The Kier molecular flexibility index (Phi) is 6.92. The summed E-state index contributed by atoms with van der Waals surface area (Å²) in [6.45, 7) is 4.12. The quantitative estimate of drug-likeness (QED) is 0.515. The molecule has 5 rings (SSSR count). The number of furan rings is 1. The van der Waals surface area contributed by atoms with E-state index in [0.717, 1.165) is 11.6 Å². The lowest BCUT2D eigenvalue weighted by Gasteiger charge is -2.55. The second-order valence-corrected chi connectivity index (χ2v) is 10.2. The third-order valence-electron chi connectivity index (χ3n) is 7.20. The van der Waals surface area contributed by atoms with Gasteiger partial charge in [0.15, 0.2) is 6.61 Å². The zero-order valence-corrected chi connectivity index (χ0v) is 20.1. The second-order valence-electron chi connectivity index (χ2n) is 9.75. The first kappa shape index (κ1) is 24.5. The average Bonchev–Trinajstić information content (AvgIpc) is 3.28. The molecule has 1 atom stereocenters. The van der Waals surface area contributed by atoms with Gasteiger partial charge in [-0.1, -0.05) is 25.4 Å². The maximum atomic E-state index is 13.5. The van der Waals surface area contributed by atoms with Crippen molar-refractivity contribution in [1.82, 2.24) is 10.6 Å². The summed E-state index contributed by atoms with van der Waals surface area (Å²) in [6.07, 6.45) is 3.22. The van der Waals surface area contributed by atoms with Gasteiger partial charge in [-0.05, 0) is 61.8 Å². The Labute approximate surface area is 203 Å². The fourth-order valence-corrected chi connectivity index (χ4v) is 5.13. The van der Waals surface area contributed by atoms with Crippen molar-refractivity contribution in [1.29, 1.82) is 0 Å². The molecule has 3 fully saturated rings. The summed E-state index contributed by atoms with van der Waals surface area (Å²) in [6, 6.07) is 5.91. The highest BCUT2D eigenvalue weighted by molar-refractivity contribution is 6.30. The number of hydrogen-bond acceptors (Lipinski definition) is 5. The molecule has 1 aromatic heterocycles. The first-order chi connectivity index (χ1) is 16.1. The molecule has 3 aliphatic rings. The number of nitrogens with one attached hydrogen (secondary N) is 2. The number of carbonyl (C=O) groups excluding carboxylic acids is 2. The highest BCUT2D eigenvalue weighted by Crippen LogP contribution is 2.52. The molecule has 9 heteroatoms. The molecule has 0 aliphatic heterocycles. The molecule has 3 saturated carbocycles. The van der Waals surface area contributed by atoms with Gasteiger partial charge in [-0.3, -0.25) is 9.59 Å². The summed E-state index contributed by atoms with van der Waals surface area (Å²) in [7, 11) is 0. The average molecular weight is 493 g/mol. The van der Waals surface area contributed by atoms with Gasteiger partial charge < -0.3 is 24.9 Å². The number of fused-ring (bicyclic) bond motifs is 3. The van der Waals surface area contributed by atoms with E-state index < -0.39 is 22.9 Å². The number of halogens is 2. The van der Waals surface area contributed by atoms with Gasteiger partial charge in [0.1, 0.15) is 17.3 Å². The lowest BCUT2D eigenvalue weighted by atomic mass is 9.55. The van der Waals surface area contributed by atoms with Crippen LogP contribution in [0.25, 0.3) is 0 Å². The van der Waals surface area contributed by atoms with Crippen LogP contribution in [0.4, 0.5) is 4.39 Å². The molecule has 2 bridgehead atoms. The zero-order chi connectivity index (χ0) is 24.5. The summed E-state index contributed by atoms with van der Waals surface area (Å²) >= 11 is 5.66. The third kappa shape index (κ3) is 4.93. The van der Waals surface area contributed by atoms with Crippen LogP contribution >= 0.6 is 11.6 Å². The van der Waals surface area contributed by atoms with Crippen LogP contribution < -0.4 is 15.4 Å². The normalized spacial score (nSPS) is 25.9.